The molecule has 1 saturated heterocycles. The standard InChI is InChI=1S/C21H28N4O4S/c1-13-10-28-11-16-12-29-17-18(21(2,3)30(4,26)27)23-19(24-20(17)25(13)16)15-7-5-14(9-22)6-8-15/h5-8,13,16H,9-12,22H2,1-4H3/t13-,16+/m1/s1. The van der Waals surface area contributed by atoms with E-state index >= 15 is 0 Å². The van der Waals surface area contributed by atoms with Crippen molar-refractivity contribution in [2.75, 3.05) is 31.0 Å². The van der Waals surface area contributed by atoms with Crippen molar-refractivity contribution in [2.24, 2.45) is 5.73 Å². The van der Waals surface area contributed by atoms with E-state index in [0.717, 1.165) is 11.1 Å². The SMILES string of the molecule is C[C@@H]1COC[C@H]2COc3c(nc(-c4ccc(CN)cc4)nc3C(C)(C)S(C)(=O)=O)N21. The Labute approximate surface area is 177 Å². The van der Waals surface area contributed by atoms with Gasteiger partial charge in [0.15, 0.2) is 27.2 Å². The number of benzene rings is 1. The minimum absolute atomic E-state index is 0.0258. The highest BCUT2D eigenvalue weighted by molar-refractivity contribution is 7.91. The lowest BCUT2D eigenvalue weighted by Crippen LogP contribution is -2.56. The molecule has 4 rings (SSSR count). The van der Waals surface area contributed by atoms with Crippen LogP contribution in [0.15, 0.2) is 24.3 Å². The molecule has 0 unspecified atom stereocenters. The van der Waals surface area contributed by atoms with Crippen molar-refractivity contribution >= 4 is 15.7 Å². The third-order valence-electron chi connectivity index (χ3n) is 5.99. The van der Waals surface area contributed by atoms with Crippen molar-refractivity contribution in [1.29, 1.82) is 0 Å². The van der Waals surface area contributed by atoms with Gasteiger partial charge in [0.2, 0.25) is 0 Å². The van der Waals surface area contributed by atoms with Crippen LogP contribution >= 0.6 is 0 Å². The predicted molar refractivity (Wildman–Crippen MR) is 115 cm³/mol. The summed E-state index contributed by atoms with van der Waals surface area (Å²) in [4.78, 5) is 11.7. The van der Waals surface area contributed by atoms with Gasteiger partial charge in [-0.2, -0.15) is 0 Å². The first-order valence-electron chi connectivity index (χ1n) is 10.0. The van der Waals surface area contributed by atoms with Gasteiger partial charge in [0.1, 0.15) is 17.0 Å². The van der Waals surface area contributed by atoms with Crippen LogP contribution in [0.25, 0.3) is 11.4 Å². The van der Waals surface area contributed by atoms with Crippen molar-refractivity contribution in [2.45, 2.75) is 44.1 Å². The molecule has 2 aliphatic heterocycles. The van der Waals surface area contributed by atoms with Crippen LogP contribution in [0.2, 0.25) is 0 Å². The maximum atomic E-state index is 12.7. The van der Waals surface area contributed by atoms with E-state index in [1.165, 1.54) is 6.26 Å². The van der Waals surface area contributed by atoms with Crippen LogP contribution in [0.4, 0.5) is 5.82 Å². The molecule has 2 aromatic rings. The minimum Gasteiger partial charge on any atom is -0.486 e. The number of aromatic nitrogens is 2. The molecule has 0 saturated carbocycles. The second-order valence-electron chi connectivity index (χ2n) is 8.49. The quantitative estimate of drug-likeness (QED) is 0.780. The topological polar surface area (TPSA) is 108 Å². The summed E-state index contributed by atoms with van der Waals surface area (Å²) >= 11 is 0. The molecule has 0 amide bonds. The summed E-state index contributed by atoms with van der Waals surface area (Å²) in [6.45, 7) is 7.34. The molecule has 2 N–H and O–H groups in total. The number of hydrogen-bond acceptors (Lipinski definition) is 8. The maximum absolute atomic E-state index is 12.7. The van der Waals surface area contributed by atoms with Crippen molar-refractivity contribution in [3.8, 4) is 17.1 Å². The molecule has 30 heavy (non-hydrogen) atoms. The highest BCUT2D eigenvalue weighted by atomic mass is 32.2. The summed E-state index contributed by atoms with van der Waals surface area (Å²) in [5.74, 6) is 1.53. The maximum Gasteiger partial charge on any atom is 0.185 e. The van der Waals surface area contributed by atoms with Crippen LogP contribution in [-0.2, 0) is 25.9 Å². The van der Waals surface area contributed by atoms with Crippen LogP contribution in [0.1, 0.15) is 32.0 Å². The molecule has 1 aromatic heterocycles. The second-order valence-corrected chi connectivity index (χ2v) is 11.1. The van der Waals surface area contributed by atoms with Gasteiger partial charge in [-0.05, 0) is 26.3 Å². The normalized spacial score (nSPS) is 21.6. The molecule has 1 fully saturated rings. The Bertz CT molecular complexity index is 1050. The third-order valence-corrected chi connectivity index (χ3v) is 8.04. The molecule has 0 radical (unpaired) electrons. The molecule has 9 heteroatoms. The van der Waals surface area contributed by atoms with Crippen LogP contribution in [0, 0.1) is 0 Å². The summed E-state index contributed by atoms with van der Waals surface area (Å²) in [5, 5.41) is 0. The lowest BCUT2D eigenvalue weighted by atomic mass is 10.0. The number of morpholine rings is 1. The molecule has 0 bridgehead atoms. The van der Waals surface area contributed by atoms with E-state index in [9.17, 15) is 8.42 Å². The zero-order chi connectivity index (χ0) is 21.7. The van der Waals surface area contributed by atoms with E-state index in [4.69, 9.17) is 25.2 Å². The Kier molecular flexibility index (Phi) is 5.24. The summed E-state index contributed by atoms with van der Waals surface area (Å²) in [6.07, 6.45) is 1.22. The Balaban J connectivity index is 1.95. The first-order chi connectivity index (χ1) is 14.1. The van der Waals surface area contributed by atoms with Gasteiger partial charge in [-0.15, -0.1) is 0 Å². The van der Waals surface area contributed by atoms with Crippen LogP contribution in [0.3, 0.4) is 0 Å². The highest BCUT2D eigenvalue weighted by Gasteiger charge is 2.43. The number of sulfone groups is 1. The van der Waals surface area contributed by atoms with Crippen molar-refractivity contribution in [3.05, 3.63) is 35.5 Å². The van der Waals surface area contributed by atoms with E-state index in [-0.39, 0.29) is 12.1 Å². The van der Waals surface area contributed by atoms with Crippen molar-refractivity contribution in [1.82, 2.24) is 9.97 Å². The summed E-state index contributed by atoms with van der Waals surface area (Å²) in [6, 6.07) is 7.78. The van der Waals surface area contributed by atoms with Gasteiger partial charge < -0.3 is 20.1 Å². The Morgan fingerprint density at radius 2 is 1.87 bits per heavy atom. The fraction of sp³-hybridized carbons (Fsp3) is 0.524. The fourth-order valence-electron chi connectivity index (χ4n) is 3.83. The Morgan fingerprint density at radius 1 is 1.17 bits per heavy atom. The van der Waals surface area contributed by atoms with Gasteiger partial charge in [0, 0.05) is 18.4 Å². The first kappa shape index (κ1) is 21.0. The summed E-state index contributed by atoms with van der Waals surface area (Å²) in [5.41, 5.74) is 7.89. The molecule has 1 aromatic carbocycles. The zero-order valence-electron chi connectivity index (χ0n) is 17.8. The van der Waals surface area contributed by atoms with E-state index < -0.39 is 14.6 Å². The largest absolute Gasteiger partial charge is 0.486 e. The van der Waals surface area contributed by atoms with Gasteiger partial charge in [-0.25, -0.2) is 18.4 Å². The minimum atomic E-state index is -3.47. The van der Waals surface area contributed by atoms with Gasteiger partial charge in [0.05, 0.1) is 25.3 Å². The van der Waals surface area contributed by atoms with E-state index in [2.05, 4.69) is 11.8 Å². The van der Waals surface area contributed by atoms with Crippen LogP contribution in [-0.4, -0.2) is 56.5 Å². The smallest absolute Gasteiger partial charge is 0.185 e. The number of hydrogen-bond donors (Lipinski definition) is 1. The molecule has 0 spiro atoms. The van der Waals surface area contributed by atoms with Crippen molar-refractivity contribution in [3.63, 3.8) is 0 Å². The van der Waals surface area contributed by atoms with Crippen LogP contribution in [0.5, 0.6) is 5.75 Å². The number of anilines is 1. The van der Waals surface area contributed by atoms with Crippen LogP contribution < -0.4 is 15.4 Å². The zero-order valence-corrected chi connectivity index (χ0v) is 18.6. The Morgan fingerprint density at radius 3 is 2.50 bits per heavy atom. The molecule has 8 nitrogen and oxygen atoms in total. The van der Waals surface area contributed by atoms with E-state index in [0.29, 0.717) is 49.5 Å². The molecule has 2 aliphatic rings. The number of rotatable bonds is 4. The average molecular weight is 433 g/mol. The van der Waals surface area contributed by atoms with E-state index in [1.54, 1.807) is 13.8 Å². The first-order valence-corrected chi connectivity index (χ1v) is 11.9. The predicted octanol–water partition coefficient (Wildman–Crippen LogP) is 1.87. The second kappa shape index (κ2) is 7.47. The monoisotopic (exact) mass is 432 g/mol. The number of fused-ring (bicyclic) bond motifs is 3. The lowest BCUT2D eigenvalue weighted by Gasteiger charge is -2.45. The molecular formula is C21H28N4O4S. The van der Waals surface area contributed by atoms with Crippen molar-refractivity contribution < 1.29 is 17.9 Å². The van der Waals surface area contributed by atoms with Gasteiger partial charge in [0.25, 0.3) is 0 Å². The molecule has 0 aliphatic carbocycles. The molecule has 3 heterocycles. The number of nitrogens with two attached hydrogens (primary N) is 1. The number of nitrogens with zero attached hydrogens (tertiary/aromatic N) is 3. The molecule has 2 atom stereocenters. The molecule has 162 valence electrons. The summed E-state index contributed by atoms with van der Waals surface area (Å²) < 4.78 is 35.8. The molecular weight excluding hydrogens is 404 g/mol. The van der Waals surface area contributed by atoms with Gasteiger partial charge in [-0.1, -0.05) is 24.3 Å². The Hall–Kier alpha value is -2.23. The fourth-order valence-corrected chi connectivity index (χ4v) is 4.32. The average Bonchev–Trinajstić information content (AvgIpc) is 2.72. The summed E-state index contributed by atoms with van der Waals surface area (Å²) in [7, 11) is -3.47. The van der Waals surface area contributed by atoms with Gasteiger partial charge >= 0.3 is 0 Å². The van der Waals surface area contributed by atoms with Gasteiger partial charge in [-0.3, -0.25) is 0 Å². The highest BCUT2D eigenvalue weighted by Crippen LogP contribution is 2.44. The lowest BCUT2D eigenvalue weighted by molar-refractivity contribution is 0.0482. The van der Waals surface area contributed by atoms with E-state index in [1.807, 2.05) is 24.3 Å². The number of ether oxygens (including phenoxy) is 2. The third kappa shape index (κ3) is 3.44.